The molecule has 0 spiro atoms. The summed E-state index contributed by atoms with van der Waals surface area (Å²) in [6.07, 6.45) is 0. The van der Waals surface area contributed by atoms with Gasteiger partial charge in [-0.15, -0.1) is 0 Å². The number of rotatable bonds is 8. The Morgan fingerprint density at radius 1 is 0.291 bits per heavy atom. The number of hydrogen-bond acceptors (Lipinski definition) is 3. The summed E-state index contributed by atoms with van der Waals surface area (Å²) in [5.41, 5.74) is 12.5. The van der Waals surface area contributed by atoms with Gasteiger partial charge < -0.3 is 14.2 Å². The van der Waals surface area contributed by atoms with E-state index in [0.717, 1.165) is 72.6 Å². The normalized spacial score (nSPS) is 11.3. The third-order valence-corrected chi connectivity index (χ3v) is 10.4. The van der Waals surface area contributed by atoms with Gasteiger partial charge in [-0.1, -0.05) is 152 Å². The smallest absolute Gasteiger partial charge is 0.139 e. The zero-order valence-electron chi connectivity index (χ0n) is 30.1. The predicted molar refractivity (Wildman–Crippen MR) is 231 cm³/mol. The molecule has 0 fully saturated rings. The molecule has 0 N–H and O–H groups in total. The molecule has 1 aromatic heterocycles. The summed E-state index contributed by atoms with van der Waals surface area (Å²) in [6.45, 7) is 0. The van der Waals surface area contributed by atoms with Crippen LogP contribution in [0.1, 0.15) is 0 Å². The second-order valence-electron chi connectivity index (χ2n) is 13.8. The minimum atomic E-state index is 0.819. The molecule has 0 amide bonds. The molecule has 260 valence electrons. The number of benzene rings is 9. The molecule has 0 aliphatic rings. The van der Waals surface area contributed by atoms with Gasteiger partial charge in [0, 0.05) is 34.2 Å². The Morgan fingerprint density at radius 3 is 1.40 bits per heavy atom. The standard InChI is InChI=1S/C52H36N2O/c1-5-17-37(18-6-1)40-22-15-28-44(33-40)53(42-24-9-3-10-25-42)46-35-48(52-50(36-46)55-49-32-31-39-21-13-14-30-47(39)51(49)52)54(43-26-11-4-12-27-43)45-29-16-23-41(34-45)38-19-7-2-8-20-38/h1-36H. The van der Waals surface area contributed by atoms with Gasteiger partial charge in [0.1, 0.15) is 11.2 Å². The van der Waals surface area contributed by atoms with Crippen molar-refractivity contribution in [2.75, 3.05) is 9.80 Å². The zero-order valence-corrected chi connectivity index (χ0v) is 30.1. The Balaban J connectivity index is 1.29. The molecule has 0 aliphatic carbocycles. The fraction of sp³-hybridized carbons (Fsp3) is 0. The number of para-hydroxylation sites is 2. The van der Waals surface area contributed by atoms with Crippen molar-refractivity contribution < 1.29 is 4.42 Å². The summed E-state index contributed by atoms with van der Waals surface area (Å²) in [4.78, 5) is 4.73. The van der Waals surface area contributed by atoms with Crippen molar-refractivity contribution in [1.82, 2.24) is 0 Å². The third kappa shape index (κ3) is 5.98. The molecule has 0 aliphatic heterocycles. The maximum atomic E-state index is 6.92. The van der Waals surface area contributed by atoms with Crippen molar-refractivity contribution in [3.63, 3.8) is 0 Å². The molecule has 10 aromatic rings. The van der Waals surface area contributed by atoms with Crippen molar-refractivity contribution in [3.05, 3.63) is 218 Å². The van der Waals surface area contributed by atoms with E-state index in [1.165, 1.54) is 16.5 Å². The summed E-state index contributed by atoms with van der Waals surface area (Å²) < 4.78 is 6.92. The first-order valence-corrected chi connectivity index (χ1v) is 18.7. The molecule has 0 atom stereocenters. The van der Waals surface area contributed by atoms with Crippen molar-refractivity contribution in [3.8, 4) is 22.3 Å². The fourth-order valence-electron chi connectivity index (χ4n) is 7.88. The van der Waals surface area contributed by atoms with Gasteiger partial charge in [-0.05, 0) is 93.7 Å². The van der Waals surface area contributed by atoms with E-state index < -0.39 is 0 Å². The molecule has 9 aromatic carbocycles. The van der Waals surface area contributed by atoms with Gasteiger partial charge in [-0.3, -0.25) is 0 Å². The average molecular weight is 705 g/mol. The predicted octanol–water partition coefficient (Wildman–Crippen LogP) is 15.0. The van der Waals surface area contributed by atoms with E-state index in [4.69, 9.17) is 4.42 Å². The van der Waals surface area contributed by atoms with Crippen LogP contribution in [-0.2, 0) is 0 Å². The number of furan rings is 1. The monoisotopic (exact) mass is 704 g/mol. The molecule has 0 saturated carbocycles. The first-order chi connectivity index (χ1) is 27.3. The summed E-state index contributed by atoms with van der Waals surface area (Å²) in [7, 11) is 0. The van der Waals surface area contributed by atoms with E-state index in [0.29, 0.717) is 0 Å². The number of nitrogens with zero attached hydrogens (tertiary/aromatic N) is 2. The van der Waals surface area contributed by atoms with Crippen LogP contribution in [0.25, 0.3) is 55.0 Å². The van der Waals surface area contributed by atoms with Gasteiger partial charge in [0.25, 0.3) is 0 Å². The lowest BCUT2D eigenvalue weighted by atomic mass is 10.00. The fourth-order valence-corrected chi connectivity index (χ4v) is 7.88. The van der Waals surface area contributed by atoms with Gasteiger partial charge >= 0.3 is 0 Å². The largest absolute Gasteiger partial charge is 0.456 e. The summed E-state index contributed by atoms with van der Waals surface area (Å²) in [6, 6.07) is 77.5. The second-order valence-corrected chi connectivity index (χ2v) is 13.8. The van der Waals surface area contributed by atoms with Crippen LogP contribution in [0.2, 0.25) is 0 Å². The van der Waals surface area contributed by atoms with Gasteiger partial charge in [0.05, 0.1) is 16.8 Å². The molecule has 0 unspecified atom stereocenters. The van der Waals surface area contributed by atoms with Gasteiger partial charge in [-0.25, -0.2) is 0 Å². The maximum Gasteiger partial charge on any atom is 0.139 e. The van der Waals surface area contributed by atoms with Crippen molar-refractivity contribution in [2.45, 2.75) is 0 Å². The number of fused-ring (bicyclic) bond motifs is 5. The first-order valence-electron chi connectivity index (χ1n) is 18.7. The first kappa shape index (κ1) is 32.3. The minimum Gasteiger partial charge on any atom is -0.456 e. The lowest BCUT2D eigenvalue weighted by Gasteiger charge is -2.30. The second kappa shape index (κ2) is 13.9. The van der Waals surface area contributed by atoms with E-state index in [-0.39, 0.29) is 0 Å². The van der Waals surface area contributed by atoms with Crippen LogP contribution in [0.3, 0.4) is 0 Å². The molecular formula is C52H36N2O. The van der Waals surface area contributed by atoms with E-state index in [1.807, 2.05) is 0 Å². The molecule has 3 heteroatoms. The van der Waals surface area contributed by atoms with Crippen molar-refractivity contribution >= 4 is 66.8 Å². The van der Waals surface area contributed by atoms with E-state index >= 15 is 0 Å². The van der Waals surface area contributed by atoms with Gasteiger partial charge in [0.2, 0.25) is 0 Å². The lowest BCUT2D eigenvalue weighted by Crippen LogP contribution is -2.13. The molecule has 0 bridgehead atoms. The third-order valence-electron chi connectivity index (χ3n) is 10.4. The number of anilines is 6. The molecule has 0 saturated heterocycles. The van der Waals surface area contributed by atoms with Crippen LogP contribution in [0.5, 0.6) is 0 Å². The Morgan fingerprint density at radius 2 is 0.782 bits per heavy atom. The van der Waals surface area contributed by atoms with Crippen LogP contribution in [0.4, 0.5) is 34.1 Å². The Bertz CT molecular complexity index is 2920. The quantitative estimate of drug-likeness (QED) is 0.157. The Labute approximate surface area is 320 Å². The van der Waals surface area contributed by atoms with Crippen molar-refractivity contribution in [2.24, 2.45) is 0 Å². The SMILES string of the molecule is c1ccc(-c2cccc(N(c3ccccc3)c3cc(N(c4ccccc4)c4cccc(-c5ccccc5)c4)c4c(c3)oc3ccc5ccccc5c34)c2)cc1. The molecular weight excluding hydrogens is 669 g/mol. The highest BCUT2D eigenvalue weighted by Crippen LogP contribution is 2.49. The highest BCUT2D eigenvalue weighted by molar-refractivity contribution is 6.24. The Kier molecular flexibility index (Phi) is 8.16. The summed E-state index contributed by atoms with van der Waals surface area (Å²) in [5, 5.41) is 4.51. The highest BCUT2D eigenvalue weighted by atomic mass is 16.3. The molecule has 10 rings (SSSR count). The average Bonchev–Trinajstić information content (AvgIpc) is 3.65. The van der Waals surface area contributed by atoms with Crippen LogP contribution in [-0.4, -0.2) is 0 Å². The molecule has 3 nitrogen and oxygen atoms in total. The zero-order chi connectivity index (χ0) is 36.6. The minimum absolute atomic E-state index is 0.819. The number of hydrogen-bond donors (Lipinski definition) is 0. The van der Waals surface area contributed by atoms with Gasteiger partial charge in [-0.2, -0.15) is 0 Å². The van der Waals surface area contributed by atoms with E-state index in [2.05, 4.69) is 228 Å². The highest BCUT2D eigenvalue weighted by Gasteiger charge is 2.25. The van der Waals surface area contributed by atoms with E-state index in [1.54, 1.807) is 0 Å². The van der Waals surface area contributed by atoms with Crippen LogP contribution < -0.4 is 9.80 Å². The molecule has 55 heavy (non-hydrogen) atoms. The summed E-state index contributed by atoms with van der Waals surface area (Å²) in [5.74, 6) is 0. The van der Waals surface area contributed by atoms with Crippen molar-refractivity contribution in [1.29, 1.82) is 0 Å². The van der Waals surface area contributed by atoms with Crippen LogP contribution in [0, 0.1) is 0 Å². The topological polar surface area (TPSA) is 19.6 Å². The van der Waals surface area contributed by atoms with E-state index in [9.17, 15) is 0 Å². The molecule has 1 heterocycles. The van der Waals surface area contributed by atoms with Crippen LogP contribution in [0.15, 0.2) is 223 Å². The molecule has 0 radical (unpaired) electrons. The van der Waals surface area contributed by atoms with Gasteiger partial charge in [0.15, 0.2) is 0 Å². The lowest BCUT2D eigenvalue weighted by molar-refractivity contribution is 0.669. The maximum absolute atomic E-state index is 6.92. The summed E-state index contributed by atoms with van der Waals surface area (Å²) >= 11 is 0. The Hall–Kier alpha value is -7.36. The van der Waals surface area contributed by atoms with Crippen LogP contribution >= 0.6 is 0 Å².